The Balaban J connectivity index is 2.16. The van der Waals surface area contributed by atoms with Crippen LogP contribution in [0.15, 0.2) is 41.3 Å². The predicted octanol–water partition coefficient (Wildman–Crippen LogP) is 3.48. The predicted molar refractivity (Wildman–Crippen MR) is 116 cm³/mol. The summed E-state index contributed by atoms with van der Waals surface area (Å²) in [6.45, 7) is 6.57. The lowest BCUT2D eigenvalue weighted by atomic mass is 10.1. The molecule has 0 saturated carbocycles. The summed E-state index contributed by atoms with van der Waals surface area (Å²) in [5.41, 5.74) is 2.12. The lowest BCUT2D eigenvalue weighted by Crippen LogP contribution is -2.30. The molecule has 0 unspecified atom stereocenters. The molecule has 0 aliphatic rings. The monoisotopic (exact) mass is 397 g/mol. The lowest BCUT2D eigenvalue weighted by Gasteiger charge is -2.13. The molecule has 0 fully saturated rings. The highest BCUT2D eigenvalue weighted by Gasteiger charge is 2.16. The number of aryl methyl sites for hydroxylation is 3. The van der Waals surface area contributed by atoms with Crippen LogP contribution in [0.4, 0.5) is 5.69 Å². The number of rotatable bonds is 8. The molecule has 0 bridgehead atoms. The molecule has 2 rings (SSSR count). The van der Waals surface area contributed by atoms with Crippen LogP contribution in [-0.4, -0.2) is 35.4 Å². The average molecular weight is 398 g/mol. The molecule has 29 heavy (non-hydrogen) atoms. The minimum absolute atomic E-state index is 0.0568. The molecule has 1 heterocycles. The van der Waals surface area contributed by atoms with Crippen LogP contribution in [0.5, 0.6) is 0 Å². The van der Waals surface area contributed by atoms with Gasteiger partial charge in [0.25, 0.3) is 11.5 Å². The van der Waals surface area contributed by atoms with Crippen molar-refractivity contribution in [3.63, 3.8) is 0 Å². The SMILES string of the molecule is Cc1ccn(CCC(C)C)c(=O)c1C(=O)Nc1cccc(CCC(=O)N(C)C)c1. The number of amides is 2. The van der Waals surface area contributed by atoms with Crippen LogP contribution >= 0.6 is 0 Å². The van der Waals surface area contributed by atoms with E-state index in [2.05, 4.69) is 19.2 Å². The van der Waals surface area contributed by atoms with Crippen molar-refractivity contribution in [1.82, 2.24) is 9.47 Å². The molecular formula is C23H31N3O3. The van der Waals surface area contributed by atoms with Crippen molar-refractivity contribution in [2.45, 2.75) is 46.6 Å². The Kier molecular flexibility index (Phi) is 7.76. The average Bonchev–Trinajstić information content (AvgIpc) is 2.65. The van der Waals surface area contributed by atoms with Crippen LogP contribution < -0.4 is 10.9 Å². The molecule has 1 aromatic carbocycles. The second-order valence-corrected chi connectivity index (χ2v) is 8.00. The number of anilines is 1. The molecule has 6 heteroatoms. The maximum absolute atomic E-state index is 12.8. The van der Waals surface area contributed by atoms with Gasteiger partial charge in [0.1, 0.15) is 5.56 Å². The largest absolute Gasteiger partial charge is 0.349 e. The molecule has 0 saturated heterocycles. The summed E-state index contributed by atoms with van der Waals surface area (Å²) < 4.78 is 1.60. The summed E-state index contributed by atoms with van der Waals surface area (Å²) in [5.74, 6) is 0.122. The molecule has 1 aromatic heterocycles. The van der Waals surface area contributed by atoms with Crippen LogP contribution in [0, 0.1) is 12.8 Å². The van der Waals surface area contributed by atoms with Gasteiger partial charge in [0.2, 0.25) is 5.91 Å². The smallest absolute Gasteiger partial charge is 0.263 e. The number of nitrogens with zero attached hydrogens (tertiary/aromatic N) is 2. The van der Waals surface area contributed by atoms with Crippen molar-refractivity contribution in [1.29, 1.82) is 0 Å². The van der Waals surface area contributed by atoms with Crippen LogP contribution in [0.2, 0.25) is 0 Å². The number of carbonyl (C=O) groups is 2. The molecule has 0 aliphatic heterocycles. The van der Waals surface area contributed by atoms with Crippen molar-refractivity contribution in [3.05, 3.63) is 63.6 Å². The number of hydrogen-bond acceptors (Lipinski definition) is 3. The number of carbonyl (C=O) groups excluding carboxylic acids is 2. The van der Waals surface area contributed by atoms with Crippen LogP contribution in [-0.2, 0) is 17.8 Å². The first-order chi connectivity index (χ1) is 13.7. The van der Waals surface area contributed by atoms with Gasteiger partial charge in [0.15, 0.2) is 0 Å². The van der Waals surface area contributed by atoms with Crippen molar-refractivity contribution >= 4 is 17.5 Å². The fourth-order valence-corrected chi connectivity index (χ4v) is 2.99. The highest BCUT2D eigenvalue weighted by molar-refractivity contribution is 6.05. The van der Waals surface area contributed by atoms with E-state index in [1.165, 1.54) is 0 Å². The Morgan fingerprint density at radius 3 is 2.55 bits per heavy atom. The quantitative estimate of drug-likeness (QED) is 0.741. The Bertz CT molecular complexity index is 929. The first-order valence-electron chi connectivity index (χ1n) is 9.99. The zero-order chi connectivity index (χ0) is 21.6. The van der Waals surface area contributed by atoms with Crippen molar-refractivity contribution < 1.29 is 9.59 Å². The highest BCUT2D eigenvalue weighted by atomic mass is 16.2. The van der Waals surface area contributed by atoms with Gasteiger partial charge in [-0.25, -0.2) is 0 Å². The van der Waals surface area contributed by atoms with Crippen molar-refractivity contribution in [2.24, 2.45) is 5.92 Å². The van der Waals surface area contributed by atoms with E-state index in [-0.39, 0.29) is 17.0 Å². The first-order valence-corrected chi connectivity index (χ1v) is 9.99. The number of pyridine rings is 1. The van der Waals surface area contributed by atoms with Crippen molar-refractivity contribution in [2.75, 3.05) is 19.4 Å². The second kappa shape index (κ2) is 10.0. The van der Waals surface area contributed by atoms with E-state index in [0.717, 1.165) is 12.0 Å². The molecule has 6 nitrogen and oxygen atoms in total. The molecule has 2 aromatic rings. The van der Waals surface area contributed by atoms with Gasteiger partial charge < -0.3 is 14.8 Å². The highest BCUT2D eigenvalue weighted by Crippen LogP contribution is 2.15. The van der Waals surface area contributed by atoms with Gasteiger partial charge in [0, 0.05) is 38.9 Å². The van der Waals surface area contributed by atoms with E-state index in [1.54, 1.807) is 48.8 Å². The Hall–Kier alpha value is -2.89. The van der Waals surface area contributed by atoms with Crippen molar-refractivity contribution in [3.8, 4) is 0 Å². The zero-order valence-electron chi connectivity index (χ0n) is 18.0. The number of aromatic nitrogens is 1. The van der Waals surface area contributed by atoms with Gasteiger partial charge >= 0.3 is 0 Å². The summed E-state index contributed by atoms with van der Waals surface area (Å²) in [4.78, 5) is 39.0. The molecule has 1 N–H and O–H groups in total. The van der Waals surface area contributed by atoms with Crippen LogP contribution in [0.3, 0.4) is 0 Å². The molecule has 156 valence electrons. The summed E-state index contributed by atoms with van der Waals surface area (Å²) in [6, 6.07) is 9.19. The Labute approximate surface area is 172 Å². The molecular weight excluding hydrogens is 366 g/mol. The third-order valence-electron chi connectivity index (χ3n) is 4.86. The summed E-state index contributed by atoms with van der Waals surface area (Å²) in [5, 5.41) is 2.84. The number of benzene rings is 1. The maximum Gasteiger partial charge on any atom is 0.263 e. The van der Waals surface area contributed by atoms with Crippen LogP contribution in [0.25, 0.3) is 0 Å². The zero-order valence-corrected chi connectivity index (χ0v) is 18.0. The van der Waals surface area contributed by atoms with E-state index in [1.807, 2.05) is 18.2 Å². The first kappa shape index (κ1) is 22.4. The van der Waals surface area contributed by atoms with Gasteiger partial charge in [-0.3, -0.25) is 14.4 Å². The summed E-state index contributed by atoms with van der Waals surface area (Å²) >= 11 is 0. The van der Waals surface area contributed by atoms with Gasteiger partial charge in [-0.15, -0.1) is 0 Å². The maximum atomic E-state index is 12.8. The number of nitrogens with one attached hydrogen (secondary N) is 1. The third-order valence-corrected chi connectivity index (χ3v) is 4.86. The minimum atomic E-state index is -0.409. The molecule has 0 aliphatic carbocycles. The normalized spacial score (nSPS) is 10.8. The topological polar surface area (TPSA) is 71.4 Å². The van der Waals surface area contributed by atoms with E-state index in [0.29, 0.717) is 36.6 Å². The fraction of sp³-hybridized carbons (Fsp3) is 0.435. The van der Waals surface area contributed by atoms with E-state index in [9.17, 15) is 14.4 Å². The third kappa shape index (κ3) is 6.31. The molecule has 2 amide bonds. The standard InChI is InChI=1S/C23H31N3O3/c1-16(2)11-13-26-14-12-17(3)21(23(26)29)22(28)24-19-8-6-7-18(15-19)9-10-20(27)25(4)5/h6-8,12,14-16H,9-11,13H2,1-5H3,(H,24,28). The summed E-state index contributed by atoms with van der Waals surface area (Å²) in [7, 11) is 3.46. The minimum Gasteiger partial charge on any atom is -0.349 e. The molecule has 0 spiro atoms. The van der Waals surface area contributed by atoms with E-state index >= 15 is 0 Å². The molecule has 0 radical (unpaired) electrons. The van der Waals surface area contributed by atoms with E-state index in [4.69, 9.17) is 0 Å². The van der Waals surface area contributed by atoms with Gasteiger partial charge in [-0.1, -0.05) is 26.0 Å². The Morgan fingerprint density at radius 2 is 1.90 bits per heavy atom. The van der Waals surface area contributed by atoms with Gasteiger partial charge in [-0.2, -0.15) is 0 Å². The van der Waals surface area contributed by atoms with E-state index < -0.39 is 5.91 Å². The Morgan fingerprint density at radius 1 is 1.17 bits per heavy atom. The summed E-state index contributed by atoms with van der Waals surface area (Å²) in [6.07, 6.45) is 3.62. The second-order valence-electron chi connectivity index (χ2n) is 8.00. The molecule has 0 atom stereocenters. The lowest BCUT2D eigenvalue weighted by molar-refractivity contribution is -0.128. The van der Waals surface area contributed by atoms with Gasteiger partial charge in [0.05, 0.1) is 0 Å². The fourth-order valence-electron chi connectivity index (χ4n) is 2.99. The number of hydrogen-bond donors (Lipinski definition) is 1. The van der Waals surface area contributed by atoms with Crippen LogP contribution in [0.1, 0.15) is 48.2 Å². The van der Waals surface area contributed by atoms with Gasteiger partial charge in [-0.05, 0) is 55.0 Å².